The van der Waals surface area contributed by atoms with Crippen molar-refractivity contribution < 1.29 is 23.5 Å². The highest BCUT2D eigenvalue weighted by Crippen LogP contribution is 2.20. The molecule has 0 saturated carbocycles. The van der Waals surface area contributed by atoms with Crippen LogP contribution in [0.1, 0.15) is 17.3 Å². The van der Waals surface area contributed by atoms with Crippen LogP contribution in [0.4, 0.5) is 10.1 Å². The fourth-order valence-electron chi connectivity index (χ4n) is 2.01. The number of carbonyl (C=O) groups is 3. The predicted octanol–water partition coefficient (Wildman–Crippen LogP) is 3.43. The van der Waals surface area contributed by atoms with E-state index >= 15 is 0 Å². The second kappa shape index (κ2) is 9.34. The summed E-state index contributed by atoms with van der Waals surface area (Å²) in [6.07, 6.45) is -1.19. The smallest absolute Gasteiger partial charge is 0.326 e. The van der Waals surface area contributed by atoms with E-state index in [4.69, 9.17) is 27.9 Å². The third-order valence-electron chi connectivity index (χ3n) is 3.38. The molecule has 142 valence electrons. The number of amides is 2. The zero-order valence-electron chi connectivity index (χ0n) is 14.1. The van der Waals surface area contributed by atoms with Crippen molar-refractivity contribution in [1.82, 2.24) is 5.32 Å². The number of benzene rings is 2. The molecule has 0 aliphatic heterocycles. The molecule has 2 amide bonds. The Labute approximate surface area is 164 Å². The zero-order chi connectivity index (χ0) is 20.0. The predicted molar refractivity (Wildman–Crippen MR) is 99.4 cm³/mol. The molecule has 0 saturated heterocycles. The Kier molecular flexibility index (Phi) is 7.15. The van der Waals surface area contributed by atoms with Crippen LogP contribution in [0.5, 0.6) is 0 Å². The van der Waals surface area contributed by atoms with Gasteiger partial charge in [0.1, 0.15) is 12.4 Å². The number of nitrogens with one attached hydrogen (secondary N) is 2. The first-order valence-electron chi connectivity index (χ1n) is 7.76. The molecular weight excluding hydrogens is 398 g/mol. The van der Waals surface area contributed by atoms with Gasteiger partial charge < -0.3 is 15.4 Å². The molecule has 0 fully saturated rings. The summed E-state index contributed by atoms with van der Waals surface area (Å²) in [5, 5.41) is 5.14. The fraction of sp³-hybridized carbons (Fsp3) is 0.167. The number of para-hydroxylation sites is 1. The Bertz CT molecular complexity index is 876. The quantitative estimate of drug-likeness (QED) is 0.711. The van der Waals surface area contributed by atoms with Crippen molar-refractivity contribution in [2.24, 2.45) is 0 Å². The number of esters is 1. The molecule has 2 rings (SSSR count). The van der Waals surface area contributed by atoms with E-state index in [0.29, 0.717) is 5.02 Å². The lowest BCUT2D eigenvalue weighted by Gasteiger charge is -2.14. The average Bonchev–Trinajstić information content (AvgIpc) is 2.61. The molecule has 0 heterocycles. The summed E-state index contributed by atoms with van der Waals surface area (Å²) in [5.41, 5.74) is 0.107. The monoisotopic (exact) mass is 412 g/mol. The number of ether oxygens (including phenoxy) is 1. The van der Waals surface area contributed by atoms with Crippen LogP contribution in [0, 0.1) is 5.82 Å². The van der Waals surface area contributed by atoms with Gasteiger partial charge in [0.05, 0.1) is 16.3 Å². The van der Waals surface area contributed by atoms with Crippen LogP contribution < -0.4 is 10.6 Å². The van der Waals surface area contributed by atoms with Crippen LogP contribution in [0.3, 0.4) is 0 Å². The standard InChI is InChI=1S/C18H15Cl2FN2O4/c1-10(17(25)23-15-5-3-2-4-14(15)21)27-16(24)9-22-18(26)12-7-6-11(19)8-13(12)20/h2-8,10H,9H2,1H3,(H,22,26)(H,23,25)/t10-/m0/s1. The minimum Gasteiger partial charge on any atom is -0.451 e. The third kappa shape index (κ3) is 5.94. The Hall–Kier alpha value is -2.64. The van der Waals surface area contributed by atoms with Gasteiger partial charge in [0, 0.05) is 5.02 Å². The molecule has 6 nitrogen and oxygen atoms in total. The number of hydrogen-bond donors (Lipinski definition) is 2. The van der Waals surface area contributed by atoms with Crippen molar-refractivity contribution in [2.75, 3.05) is 11.9 Å². The first-order valence-corrected chi connectivity index (χ1v) is 8.51. The van der Waals surface area contributed by atoms with Crippen LogP contribution >= 0.6 is 23.2 Å². The highest BCUT2D eigenvalue weighted by Gasteiger charge is 2.20. The maximum atomic E-state index is 13.5. The van der Waals surface area contributed by atoms with Gasteiger partial charge in [-0.15, -0.1) is 0 Å². The maximum Gasteiger partial charge on any atom is 0.326 e. The molecule has 0 spiro atoms. The van der Waals surface area contributed by atoms with Crippen molar-refractivity contribution in [3.63, 3.8) is 0 Å². The van der Waals surface area contributed by atoms with E-state index in [1.165, 1.54) is 43.3 Å². The van der Waals surface area contributed by atoms with E-state index in [-0.39, 0.29) is 16.3 Å². The van der Waals surface area contributed by atoms with Crippen LogP contribution in [0.15, 0.2) is 42.5 Å². The maximum absolute atomic E-state index is 13.5. The minimum absolute atomic E-state index is 0.0314. The van der Waals surface area contributed by atoms with Crippen molar-refractivity contribution in [1.29, 1.82) is 0 Å². The summed E-state index contributed by atoms with van der Waals surface area (Å²) in [4.78, 5) is 35.8. The van der Waals surface area contributed by atoms with Crippen molar-refractivity contribution in [3.8, 4) is 0 Å². The van der Waals surface area contributed by atoms with Gasteiger partial charge in [0.15, 0.2) is 6.10 Å². The summed E-state index contributed by atoms with van der Waals surface area (Å²) < 4.78 is 18.4. The second-order valence-electron chi connectivity index (χ2n) is 5.41. The van der Waals surface area contributed by atoms with Crippen LogP contribution in [0.2, 0.25) is 10.0 Å². The first kappa shape index (κ1) is 20.7. The Morgan fingerprint density at radius 2 is 1.85 bits per heavy atom. The van der Waals surface area contributed by atoms with E-state index in [0.717, 1.165) is 0 Å². The fourth-order valence-corrected chi connectivity index (χ4v) is 2.50. The average molecular weight is 413 g/mol. The number of halogens is 3. The molecule has 0 radical (unpaired) electrons. The van der Waals surface area contributed by atoms with E-state index in [2.05, 4.69) is 10.6 Å². The van der Waals surface area contributed by atoms with E-state index < -0.39 is 36.2 Å². The van der Waals surface area contributed by atoms with Crippen molar-refractivity contribution in [2.45, 2.75) is 13.0 Å². The van der Waals surface area contributed by atoms with Gasteiger partial charge in [0.2, 0.25) is 0 Å². The van der Waals surface area contributed by atoms with Crippen molar-refractivity contribution in [3.05, 3.63) is 63.9 Å². The highest BCUT2D eigenvalue weighted by atomic mass is 35.5. The molecule has 0 aliphatic rings. The first-order chi connectivity index (χ1) is 12.8. The van der Waals surface area contributed by atoms with Gasteiger partial charge in [-0.05, 0) is 37.3 Å². The van der Waals surface area contributed by atoms with E-state index in [1.807, 2.05) is 0 Å². The number of hydrogen-bond acceptors (Lipinski definition) is 4. The molecule has 2 aromatic rings. The lowest BCUT2D eigenvalue weighted by atomic mass is 10.2. The molecule has 0 bridgehead atoms. The van der Waals surface area contributed by atoms with Crippen LogP contribution in [-0.2, 0) is 14.3 Å². The zero-order valence-corrected chi connectivity index (χ0v) is 15.6. The number of rotatable bonds is 6. The Balaban J connectivity index is 1.84. The van der Waals surface area contributed by atoms with Gasteiger partial charge in [0.25, 0.3) is 11.8 Å². The van der Waals surface area contributed by atoms with Gasteiger partial charge in [-0.25, -0.2) is 4.39 Å². The molecule has 1 atom stereocenters. The van der Waals surface area contributed by atoms with Crippen molar-refractivity contribution >= 4 is 46.7 Å². The van der Waals surface area contributed by atoms with E-state index in [1.54, 1.807) is 6.07 Å². The largest absolute Gasteiger partial charge is 0.451 e. The van der Waals surface area contributed by atoms with Gasteiger partial charge in [-0.2, -0.15) is 0 Å². The summed E-state index contributed by atoms with van der Waals surface area (Å²) >= 11 is 11.7. The molecule has 0 aromatic heterocycles. The van der Waals surface area contributed by atoms with Gasteiger partial charge >= 0.3 is 5.97 Å². The minimum atomic E-state index is -1.19. The normalized spacial score (nSPS) is 11.4. The number of carbonyl (C=O) groups excluding carboxylic acids is 3. The van der Waals surface area contributed by atoms with Gasteiger partial charge in [-0.1, -0.05) is 35.3 Å². The summed E-state index contributed by atoms with van der Waals surface area (Å²) in [5.74, 6) is -2.77. The lowest BCUT2D eigenvalue weighted by Crippen LogP contribution is -2.36. The van der Waals surface area contributed by atoms with Crippen LogP contribution in [-0.4, -0.2) is 30.4 Å². The second-order valence-corrected chi connectivity index (χ2v) is 6.25. The molecule has 2 aromatic carbocycles. The lowest BCUT2D eigenvalue weighted by molar-refractivity contribution is -0.152. The Morgan fingerprint density at radius 3 is 2.52 bits per heavy atom. The topological polar surface area (TPSA) is 84.5 Å². The number of anilines is 1. The van der Waals surface area contributed by atoms with E-state index in [9.17, 15) is 18.8 Å². The van der Waals surface area contributed by atoms with Crippen LogP contribution in [0.25, 0.3) is 0 Å². The molecule has 0 aliphatic carbocycles. The summed E-state index contributed by atoms with van der Waals surface area (Å²) in [7, 11) is 0. The molecule has 9 heteroatoms. The molecule has 2 N–H and O–H groups in total. The highest BCUT2D eigenvalue weighted by molar-refractivity contribution is 6.36. The summed E-state index contributed by atoms with van der Waals surface area (Å²) in [6.45, 7) is 0.848. The SMILES string of the molecule is C[C@H](OC(=O)CNC(=O)c1ccc(Cl)cc1Cl)C(=O)Nc1ccccc1F. The molecular formula is C18H15Cl2FN2O4. The molecule has 0 unspecified atom stereocenters. The van der Waals surface area contributed by atoms with Gasteiger partial charge in [-0.3, -0.25) is 14.4 Å². The Morgan fingerprint density at radius 1 is 1.15 bits per heavy atom. The molecule has 27 heavy (non-hydrogen) atoms. The summed E-state index contributed by atoms with van der Waals surface area (Å²) in [6, 6.07) is 9.87. The third-order valence-corrected chi connectivity index (χ3v) is 3.93.